The monoisotopic (exact) mass is 277 g/mol. The van der Waals surface area contributed by atoms with Gasteiger partial charge >= 0.3 is 5.97 Å². The highest BCUT2D eigenvalue weighted by Crippen LogP contribution is 2.25. The van der Waals surface area contributed by atoms with Crippen LogP contribution in [-0.4, -0.2) is 31.9 Å². The van der Waals surface area contributed by atoms with Gasteiger partial charge in [0.25, 0.3) is 0 Å². The first-order valence-corrected chi connectivity index (χ1v) is 6.40. The van der Waals surface area contributed by atoms with Crippen molar-refractivity contribution in [1.82, 2.24) is 0 Å². The number of phenolic OH excluding ortho intramolecular Hbond substituents is 1. The number of aromatic hydroxyl groups is 1. The van der Waals surface area contributed by atoms with E-state index in [0.29, 0.717) is 0 Å². The summed E-state index contributed by atoms with van der Waals surface area (Å²) in [4.78, 5) is 11.1. The number of ether oxygens (including phenoxy) is 1. The van der Waals surface area contributed by atoms with Crippen LogP contribution in [0.3, 0.4) is 0 Å². The molecule has 0 aliphatic rings. The number of hydrogen-bond acceptors (Lipinski definition) is 5. The van der Waals surface area contributed by atoms with Crippen LogP contribution in [0.2, 0.25) is 0 Å². The van der Waals surface area contributed by atoms with Crippen molar-refractivity contribution in [3.05, 3.63) is 24.0 Å². The van der Waals surface area contributed by atoms with Gasteiger partial charge in [0.15, 0.2) is 5.25 Å². The topological polar surface area (TPSA) is 92.7 Å². The van der Waals surface area contributed by atoms with Crippen molar-refractivity contribution in [2.75, 3.05) is 11.8 Å². The molecule has 0 saturated carbocycles. The number of anilines is 1. The van der Waals surface area contributed by atoms with Gasteiger partial charge in [-0.05, 0) is 19.1 Å². The van der Waals surface area contributed by atoms with Gasteiger partial charge in [-0.3, -0.25) is 9.52 Å². The molecular weight excluding hydrogens is 265 g/mol. The van der Waals surface area contributed by atoms with Crippen LogP contribution < -0.4 is 4.72 Å². The van der Waals surface area contributed by atoms with Gasteiger partial charge in [0.1, 0.15) is 11.6 Å². The Bertz CT molecular complexity index is 557. The van der Waals surface area contributed by atoms with Crippen molar-refractivity contribution in [2.24, 2.45) is 0 Å². The first kappa shape index (κ1) is 14.2. The molecular formula is C10H12FNO5S. The molecule has 0 radical (unpaired) electrons. The summed E-state index contributed by atoms with van der Waals surface area (Å²) < 4.78 is 42.4. The van der Waals surface area contributed by atoms with Crippen molar-refractivity contribution < 1.29 is 27.4 Å². The maximum absolute atomic E-state index is 12.7. The van der Waals surface area contributed by atoms with E-state index in [9.17, 15) is 22.7 Å². The Labute approximate surface area is 103 Å². The lowest BCUT2D eigenvalue weighted by atomic mass is 10.3. The summed E-state index contributed by atoms with van der Waals surface area (Å²) in [5.41, 5.74) is -0.216. The smallest absolute Gasteiger partial charge is 0.325 e. The zero-order valence-electron chi connectivity index (χ0n) is 9.68. The number of carbonyl (C=O) groups excluding carboxylic acids is 1. The van der Waals surface area contributed by atoms with Gasteiger partial charge in [-0.15, -0.1) is 0 Å². The standard InChI is InChI=1S/C10H12FNO5S/c1-6(10(14)17-2)18(15,16)12-8-4-3-7(11)5-9(8)13/h3-6,12-13H,1-2H3. The lowest BCUT2D eigenvalue weighted by molar-refractivity contribution is -0.139. The van der Waals surface area contributed by atoms with Crippen LogP contribution >= 0.6 is 0 Å². The minimum absolute atomic E-state index is 0.216. The van der Waals surface area contributed by atoms with E-state index >= 15 is 0 Å². The zero-order chi connectivity index (χ0) is 13.9. The van der Waals surface area contributed by atoms with Gasteiger partial charge in [0.2, 0.25) is 10.0 Å². The van der Waals surface area contributed by atoms with Crippen LogP contribution in [-0.2, 0) is 19.6 Å². The Hall–Kier alpha value is -1.83. The summed E-state index contributed by atoms with van der Waals surface area (Å²) in [6, 6.07) is 2.77. The Balaban J connectivity index is 2.99. The van der Waals surface area contributed by atoms with E-state index < -0.39 is 32.8 Å². The van der Waals surface area contributed by atoms with Gasteiger partial charge in [-0.2, -0.15) is 0 Å². The fourth-order valence-electron chi connectivity index (χ4n) is 1.13. The summed E-state index contributed by atoms with van der Waals surface area (Å²) in [7, 11) is -3.01. The third kappa shape index (κ3) is 3.10. The molecule has 1 aromatic rings. The van der Waals surface area contributed by atoms with Gasteiger partial charge in [-0.25, -0.2) is 12.8 Å². The molecule has 6 nitrogen and oxygen atoms in total. The number of carbonyl (C=O) groups is 1. The second-order valence-electron chi connectivity index (χ2n) is 3.47. The van der Waals surface area contributed by atoms with Crippen molar-refractivity contribution in [3.63, 3.8) is 0 Å². The van der Waals surface area contributed by atoms with Crippen LogP contribution in [0.5, 0.6) is 5.75 Å². The largest absolute Gasteiger partial charge is 0.506 e. The molecule has 2 N–H and O–H groups in total. The van der Waals surface area contributed by atoms with Gasteiger partial charge < -0.3 is 9.84 Å². The Morgan fingerprint density at radius 2 is 2.11 bits per heavy atom. The normalized spacial score (nSPS) is 12.8. The number of benzene rings is 1. The quantitative estimate of drug-likeness (QED) is 0.628. The van der Waals surface area contributed by atoms with Crippen LogP contribution in [0, 0.1) is 5.82 Å². The van der Waals surface area contributed by atoms with Crippen LogP contribution in [0.1, 0.15) is 6.92 Å². The highest BCUT2D eigenvalue weighted by atomic mass is 32.2. The maximum Gasteiger partial charge on any atom is 0.325 e. The number of nitrogens with one attached hydrogen (secondary N) is 1. The van der Waals surface area contributed by atoms with E-state index in [1.807, 2.05) is 4.72 Å². The van der Waals surface area contributed by atoms with Gasteiger partial charge in [0, 0.05) is 6.07 Å². The fourth-order valence-corrected chi connectivity index (χ4v) is 2.13. The number of sulfonamides is 1. The number of rotatable bonds is 4. The summed E-state index contributed by atoms with van der Waals surface area (Å²) >= 11 is 0. The fraction of sp³-hybridized carbons (Fsp3) is 0.300. The molecule has 1 rings (SSSR count). The SMILES string of the molecule is COC(=O)C(C)S(=O)(=O)Nc1ccc(F)cc1O. The highest BCUT2D eigenvalue weighted by Gasteiger charge is 2.29. The second-order valence-corrected chi connectivity index (χ2v) is 5.48. The predicted octanol–water partition coefficient (Wildman–Crippen LogP) is 0.834. The average molecular weight is 277 g/mol. The molecule has 1 atom stereocenters. The minimum Gasteiger partial charge on any atom is -0.506 e. The number of esters is 1. The zero-order valence-corrected chi connectivity index (χ0v) is 10.5. The van der Waals surface area contributed by atoms with Crippen molar-refractivity contribution >= 4 is 21.7 Å². The molecule has 0 aliphatic heterocycles. The number of methoxy groups -OCH3 is 1. The van der Waals surface area contributed by atoms with E-state index in [0.717, 1.165) is 32.2 Å². The Kier molecular flexibility index (Phi) is 4.12. The predicted molar refractivity (Wildman–Crippen MR) is 62.1 cm³/mol. The molecule has 0 aliphatic carbocycles. The first-order chi connectivity index (χ1) is 8.27. The second kappa shape index (κ2) is 5.21. The molecule has 0 saturated heterocycles. The highest BCUT2D eigenvalue weighted by molar-refractivity contribution is 7.94. The first-order valence-electron chi connectivity index (χ1n) is 4.86. The van der Waals surface area contributed by atoms with Gasteiger partial charge in [-0.1, -0.05) is 0 Å². The van der Waals surface area contributed by atoms with Gasteiger partial charge in [0.05, 0.1) is 12.8 Å². The Morgan fingerprint density at radius 3 is 2.61 bits per heavy atom. The molecule has 1 unspecified atom stereocenters. The van der Waals surface area contributed by atoms with E-state index in [1.54, 1.807) is 0 Å². The molecule has 8 heteroatoms. The molecule has 100 valence electrons. The molecule has 0 fully saturated rings. The summed E-state index contributed by atoms with van der Waals surface area (Å²) in [6.07, 6.45) is 0. The number of phenols is 1. The van der Waals surface area contributed by atoms with E-state index in [1.165, 1.54) is 0 Å². The van der Waals surface area contributed by atoms with Crippen LogP contribution in [0.15, 0.2) is 18.2 Å². The molecule has 0 aromatic heterocycles. The van der Waals surface area contributed by atoms with E-state index in [4.69, 9.17) is 0 Å². The molecule has 0 spiro atoms. The molecule has 0 heterocycles. The Morgan fingerprint density at radius 1 is 1.50 bits per heavy atom. The summed E-state index contributed by atoms with van der Waals surface area (Å²) in [5.74, 6) is -2.23. The molecule has 18 heavy (non-hydrogen) atoms. The summed E-state index contributed by atoms with van der Waals surface area (Å²) in [5, 5.41) is 7.90. The lowest BCUT2D eigenvalue weighted by Gasteiger charge is -2.13. The average Bonchev–Trinajstić information content (AvgIpc) is 2.30. The third-order valence-electron chi connectivity index (χ3n) is 2.21. The maximum atomic E-state index is 12.7. The van der Waals surface area contributed by atoms with Crippen molar-refractivity contribution in [2.45, 2.75) is 12.2 Å². The van der Waals surface area contributed by atoms with Crippen LogP contribution in [0.4, 0.5) is 10.1 Å². The third-order valence-corrected chi connectivity index (χ3v) is 3.84. The van der Waals surface area contributed by atoms with E-state index in [2.05, 4.69) is 4.74 Å². The summed E-state index contributed by atoms with van der Waals surface area (Å²) in [6.45, 7) is 1.13. The number of hydrogen-bond donors (Lipinski definition) is 2. The molecule has 1 aromatic carbocycles. The van der Waals surface area contributed by atoms with Crippen LogP contribution in [0.25, 0.3) is 0 Å². The number of halogens is 1. The van der Waals surface area contributed by atoms with Crippen molar-refractivity contribution in [1.29, 1.82) is 0 Å². The lowest BCUT2D eigenvalue weighted by Crippen LogP contribution is -2.33. The van der Waals surface area contributed by atoms with E-state index in [-0.39, 0.29) is 5.69 Å². The molecule has 0 amide bonds. The minimum atomic E-state index is -4.07. The van der Waals surface area contributed by atoms with Crippen molar-refractivity contribution in [3.8, 4) is 5.75 Å². The molecule has 0 bridgehead atoms.